The first-order chi connectivity index (χ1) is 34.8. The minimum atomic E-state index is -0.553. The minimum absolute atomic E-state index is 0.171. The largest absolute Gasteiger partial charge is 0.464 e. The molecule has 0 radical (unpaired) electrons. The molecular weight excluding hydrogens is 917 g/mol. The van der Waals surface area contributed by atoms with Gasteiger partial charge in [-0.15, -0.1) is 11.8 Å². The van der Waals surface area contributed by atoms with Gasteiger partial charge in [0, 0.05) is 64.2 Å². The number of nitrogens with one attached hydrogen (secondary N) is 2. The van der Waals surface area contributed by atoms with E-state index >= 15 is 0 Å². The van der Waals surface area contributed by atoms with E-state index in [-0.39, 0.29) is 17.3 Å². The van der Waals surface area contributed by atoms with E-state index in [2.05, 4.69) is 37.3 Å². The number of hydrogen-bond acceptors (Lipinski definition) is 17. The Kier molecular flexibility index (Phi) is 23.9. The number of alkyl carbamates (subject to hydrolysis) is 1. The molecule has 71 heavy (non-hydrogen) atoms. The second-order valence-corrected chi connectivity index (χ2v) is 17.2. The number of fused-ring (bicyclic) bond motifs is 1. The van der Waals surface area contributed by atoms with Crippen LogP contribution in [0.2, 0.25) is 0 Å². The monoisotopic (exact) mass is 987 g/mol. The van der Waals surface area contributed by atoms with Gasteiger partial charge in [-0.25, -0.2) is 24.4 Å². The minimum Gasteiger partial charge on any atom is -0.464 e. The maximum absolute atomic E-state index is 13.2. The van der Waals surface area contributed by atoms with Gasteiger partial charge >= 0.3 is 18.0 Å². The van der Waals surface area contributed by atoms with Crippen molar-refractivity contribution in [3.05, 3.63) is 94.6 Å². The summed E-state index contributed by atoms with van der Waals surface area (Å²) in [5.41, 5.74) is 3.08. The van der Waals surface area contributed by atoms with Gasteiger partial charge in [-0.3, -0.25) is 14.6 Å². The molecule has 2 amide bonds. The third kappa shape index (κ3) is 18.9. The fraction of sp³-hybridized carbons (Fsp3) is 0.577. The Morgan fingerprint density at radius 1 is 0.662 bits per heavy atom. The van der Waals surface area contributed by atoms with Gasteiger partial charge < -0.3 is 53.3 Å². The van der Waals surface area contributed by atoms with Gasteiger partial charge in [-0.2, -0.15) is 0 Å². The van der Waals surface area contributed by atoms with Crippen molar-refractivity contribution in [1.29, 1.82) is 0 Å². The van der Waals surface area contributed by atoms with E-state index in [4.69, 9.17) is 47.6 Å². The molecule has 0 bridgehead atoms. The summed E-state index contributed by atoms with van der Waals surface area (Å²) >= 11 is 0. The third-order valence-corrected chi connectivity index (χ3v) is 12.4. The van der Waals surface area contributed by atoms with Gasteiger partial charge in [0.25, 0.3) is 5.91 Å². The predicted octanol–water partition coefficient (Wildman–Crippen LogP) is 3.95. The first-order valence-electron chi connectivity index (χ1n) is 24.6. The Morgan fingerprint density at radius 2 is 1.21 bits per heavy atom. The molecule has 6 rings (SSSR count). The Morgan fingerprint density at radius 3 is 1.80 bits per heavy atom. The number of carbonyl (C=O) groups is 4. The second-order valence-electron chi connectivity index (χ2n) is 17.2. The highest BCUT2D eigenvalue weighted by Crippen LogP contribution is 2.52. The molecule has 19 nitrogen and oxygen atoms in total. The van der Waals surface area contributed by atoms with Crippen molar-refractivity contribution in [2.45, 2.75) is 38.3 Å². The number of esters is 2. The van der Waals surface area contributed by atoms with E-state index in [1.165, 1.54) is 14.2 Å². The van der Waals surface area contributed by atoms with Crippen LogP contribution in [0.1, 0.15) is 80.0 Å². The lowest BCUT2D eigenvalue weighted by molar-refractivity contribution is 0.00330. The number of nitrogens with zero attached hydrogens (tertiary/aromatic N) is 4. The van der Waals surface area contributed by atoms with Gasteiger partial charge in [0.1, 0.15) is 11.4 Å². The molecule has 1 saturated carbocycles. The van der Waals surface area contributed by atoms with Crippen molar-refractivity contribution in [1.82, 2.24) is 30.4 Å². The number of aromatic nitrogens is 2. The number of hydrogen-bond donors (Lipinski definition) is 2. The van der Waals surface area contributed by atoms with E-state index in [9.17, 15) is 19.2 Å². The van der Waals surface area contributed by atoms with Crippen LogP contribution in [0.4, 0.5) is 4.79 Å². The van der Waals surface area contributed by atoms with Gasteiger partial charge in [0.15, 0.2) is 0 Å². The summed E-state index contributed by atoms with van der Waals surface area (Å²) in [5, 5.41) is 5.64. The molecule has 2 aromatic heterocycles. The quantitative estimate of drug-likeness (QED) is 0.0755. The molecule has 3 heterocycles. The summed E-state index contributed by atoms with van der Waals surface area (Å²) in [5.74, 6) is 6.82. The molecule has 1 unspecified atom stereocenters. The zero-order chi connectivity index (χ0) is 49.9. The lowest BCUT2D eigenvalue weighted by atomic mass is 9.99. The number of carbonyl (C=O) groups excluding carboxylic acids is 4. The fourth-order valence-corrected chi connectivity index (χ4v) is 8.65. The number of pyridine rings is 2. The zero-order valence-corrected chi connectivity index (χ0v) is 41.1. The van der Waals surface area contributed by atoms with Gasteiger partial charge in [0.2, 0.25) is 0 Å². The lowest BCUT2D eigenvalue weighted by Gasteiger charge is -2.32. The van der Waals surface area contributed by atoms with E-state index in [0.717, 1.165) is 36.9 Å². The summed E-state index contributed by atoms with van der Waals surface area (Å²) in [6, 6.07) is 17.4. The van der Waals surface area contributed by atoms with Crippen LogP contribution in [-0.4, -0.2) is 183 Å². The van der Waals surface area contributed by atoms with Crippen molar-refractivity contribution < 1.29 is 61.8 Å². The fourth-order valence-electron chi connectivity index (χ4n) is 8.65. The Hall–Kier alpha value is -5.56. The maximum Gasteiger partial charge on any atom is 0.407 e. The van der Waals surface area contributed by atoms with Gasteiger partial charge in [-0.1, -0.05) is 24.3 Å². The first-order valence-corrected chi connectivity index (χ1v) is 24.6. The zero-order valence-electron chi connectivity index (χ0n) is 41.1. The average Bonchev–Trinajstić information content (AvgIpc) is 4.04. The normalized spacial score (nSPS) is 20.2. The molecule has 2 aliphatic carbocycles. The van der Waals surface area contributed by atoms with Crippen molar-refractivity contribution in [3.63, 3.8) is 0 Å². The van der Waals surface area contributed by atoms with Crippen LogP contribution in [0.15, 0.2) is 60.7 Å². The van der Waals surface area contributed by atoms with Crippen molar-refractivity contribution >= 4 is 23.9 Å². The van der Waals surface area contributed by atoms with Crippen molar-refractivity contribution in [2.24, 2.45) is 17.8 Å². The molecule has 1 aromatic carbocycles. The summed E-state index contributed by atoms with van der Waals surface area (Å²) < 4.78 is 50.6. The summed E-state index contributed by atoms with van der Waals surface area (Å²) in [4.78, 5) is 63.5. The molecule has 2 fully saturated rings. The van der Waals surface area contributed by atoms with Crippen LogP contribution >= 0.6 is 0 Å². The van der Waals surface area contributed by atoms with Crippen LogP contribution in [0.25, 0.3) is 0 Å². The van der Waals surface area contributed by atoms with Gasteiger partial charge in [-0.05, 0) is 72.6 Å². The first kappa shape index (κ1) is 54.8. The number of amides is 2. The lowest BCUT2D eigenvalue weighted by Crippen LogP contribution is -2.36. The number of ether oxygens (including phenoxy) is 9. The average molecular weight is 987 g/mol. The van der Waals surface area contributed by atoms with E-state index in [1.807, 2.05) is 24.3 Å². The van der Waals surface area contributed by atoms with E-state index in [0.29, 0.717) is 161 Å². The highest BCUT2D eigenvalue weighted by Gasteiger charge is 2.49. The highest BCUT2D eigenvalue weighted by molar-refractivity contribution is 5.94. The predicted molar refractivity (Wildman–Crippen MR) is 260 cm³/mol. The molecule has 386 valence electrons. The van der Waals surface area contributed by atoms with E-state index < -0.39 is 24.1 Å². The highest BCUT2D eigenvalue weighted by atomic mass is 16.6. The Labute approximate surface area is 416 Å². The molecule has 1 aliphatic heterocycles. The van der Waals surface area contributed by atoms with Crippen molar-refractivity contribution in [2.75, 3.05) is 139 Å². The molecule has 1 saturated heterocycles. The summed E-state index contributed by atoms with van der Waals surface area (Å²) in [6.45, 7) is 8.24. The van der Waals surface area contributed by atoms with Crippen LogP contribution in [0.5, 0.6) is 0 Å². The standard InChI is InChI=1S/C52H70N6O13/c1-63-50(60)46-13-7-9-41(55-46)37-57-21-27-67-33-35-69-29-23-58(24-30-70-36-34-68-28-22-57)48(45-12-8-14-47(56-45)51(61)64-2)39-15-17-40(18-16-39)49(59)53-19-25-65-31-32-66-26-20-54-52(62)71-38-44-42-10-5-3-4-6-11-43(42)44/h7-9,12-18,42-44,48H,5-6,10-11,19-38H2,1-2H3,(H,53,59)(H,54,62)/t42-,43+,44-,48?. The Balaban J connectivity index is 0.942. The van der Waals surface area contributed by atoms with Crippen LogP contribution < -0.4 is 10.6 Å². The summed E-state index contributed by atoms with van der Waals surface area (Å²) in [6.07, 6.45) is 3.62. The number of methoxy groups -OCH3 is 2. The van der Waals surface area contributed by atoms with Gasteiger partial charge in [0.05, 0.1) is 118 Å². The van der Waals surface area contributed by atoms with Crippen LogP contribution in [-0.2, 0) is 49.2 Å². The summed E-state index contributed by atoms with van der Waals surface area (Å²) in [7, 11) is 2.65. The molecule has 3 aromatic rings. The molecule has 4 atom stereocenters. The van der Waals surface area contributed by atoms with E-state index in [1.54, 1.807) is 36.4 Å². The molecular formula is C52H70N6O13. The van der Waals surface area contributed by atoms with Crippen molar-refractivity contribution in [3.8, 4) is 11.8 Å². The topological polar surface area (TPSA) is 208 Å². The maximum atomic E-state index is 13.2. The Bertz CT molecular complexity index is 2130. The SMILES string of the molecule is COC(=O)c1cccc(CN2CCOCCOCCN(C(c3ccc(C(=O)NCCOCCOCCNC(=O)OC[C@@H]4[C@@H]5CCC#CCC[C@@H]54)cc3)c3cccc(C(=O)OC)n3)CCOCCOCC2)n1. The molecule has 0 spiro atoms. The third-order valence-electron chi connectivity index (χ3n) is 12.4. The molecule has 19 heteroatoms. The number of benzene rings is 1. The van der Waals surface area contributed by atoms with Crippen LogP contribution in [0.3, 0.4) is 0 Å². The molecule has 2 N–H and O–H groups in total. The second kappa shape index (κ2) is 31.0. The van der Waals surface area contributed by atoms with Crippen LogP contribution in [0, 0.1) is 29.6 Å². The molecule has 3 aliphatic rings. The number of rotatable bonds is 19. The smallest absolute Gasteiger partial charge is 0.407 e.